The molecule has 3 heterocycles. The molecule has 1 aromatic carbocycles. The number of anilines is 1. The van der Waals surface area contributed by atoms with Crippen molar-refractivity contribution >= 4 is 45.4 Å². The standard InChI is InChI=1S/C20H19N3O3S2/c24-17(21-13-5-6-14-15(10-13)26-12-25-14)11-28-19-18(16-4-3-9-27-16)22-20(23-19)7-1-2-8-20/h3-6,9-10H,1-2,7-8,11-12H2,(H,21,24). The predicted molar refractivity (Wildman–Crippen MR) is 113 cm³/mol. The molecule has 0 saturated heterocycles. The van der Waals surface area contributed by atoms with Crippen molar-refractivity contribution in [2.75, 3.05) is 17.9 Å². The molecule has 144 valence electrons. The highest BCUT2D eigenvalue weighted by atomic mass is 32.2. The van der Waals surface area contributed by atoms with Crippen LogP contribution >= 0.6 is 23.1 Å². The summed E-state index contributed by atoms with van der Waals surface area (Å²) in [6, 6.07) is 9.49. The van der Waals surface area contributed by atoms with Crippen LogP contribution in [0.2, 0.25) is 0 Å². The van der Waals surface area contributed by atoms with Crippen LogP contribution in [0, 0.1) is 0 Å². The van der Waals surface area contributed by atoms with E-state index < -0.39 is 0 Å². The van der Waals surface area contributed by atoms with Crippen LogP contribution in [0.5, 0.6) is 11.5 Å². The molecule has 1 N–H and O–H groups in total. The maximum Gasteiger partial charge on any atom is 0.234 e. The molecular formula is C20H19N3O3S2. The van der Waals surface area contributed by atoms with E-state index in [0.29, 0.717) is 17.2 Å². The first-order valence-corrected chi connectivity index (χ1v) is 11.1. The van der Waals surface area contributed by atoms with Crippen molar-refractivity contribution in [3.8, 4) is 11.5 Å². The maximum absolute atomic E-state index is 12.5. The smallest absolute Gasteiger partial charge is 0.234 e. The number of nitrogens with zero attached hydrogens (tertiary/aromatic N) is 2. The molecule has 1 spiro atoms. The first kappa shape index (κ1) is 17.8. The second-order valence-electron chi connectivity index (χ2n) is 6.95. The van der Waals surface area contributed by atoms with Gasteiger partial charge in [0.1, 0.15) is 10.8 Å². The molecule has 0 atom stereocenters. The molecular weight excluding hydrogens is 394 g/mol. The van der Waals surface area contributed by atoms with Crippen LogP contribution in [0.4, 0.5) is 5.69 Å². The number of nitrogens with one attached hydrogen (secondary N) is 1. The highest BCUT2D eigenvalue weighted by Gasteiger charge is 2.39. The van der Waals surface area contributed by atoms with Crippen molar-refractivity contribution < 1.29 is 14.3 Å². The number of amides is 1. The fourth-order valence-electron chi connectivity index (χ4n) is 3.67. The fourth-order valence-corrected chi connectivity index (χ4v) is 5.31. The van der Waals surface area contributed by atoms with Crippen LogP contribution in [-0.4, -0.2) is 34.9 Å². The van der Waals surface area contributed by atoms with E-state index in [2.05, 4.69) is 11.4 Å². The third-order valence-electron chi connectivity index (χ3n) is 4.99. The van der Waals surface area contributed by atoms with Gasteiger partial charge in [-0.2, -0.15) is 0 Å². The van der Waals surface area contributed by atoms with E-state index >= 15 is 0 Å². The highest BCUT2D eigenvalue weighted by molar-refractivity contribution is 8.16. The van der Waals surface area contributed by atoms with E-state index in [1.807, 2.05) is 17.5 Å². The zero-order valence-electron chi connectivity index (χ0n) is 15.1. The zero-order chi connectivity index (χ0) is 19.0. The summed E-state index contributed by atoms with van der Waals surface area (Å²) in [5.74, 6) is 1.56. The lowest BCUT2D eigenvalue weighted by Gasteiger charge is -2.14. The van der Waals surface area contributed by atoms with Crippen molar-refractivity contribution in [3.05, 3.63) is 40.6 Å². The third kappa shape index (κ3) is 3.42. The molecule has 1 amide bonds. The van der Waals surface area contributed by atoms with Gasteiger partial charge >= 0.3 is 0 Å². The second-order valence-corrected chi connectivity index (χ2v) is 8.86. The molecule has 28 heavy (non-hydrogen) atoms. The van der Waals surface area contributed by atoms with Gasteiger partial charge in [-0.15, -0.1) is 11.3 Å². The quantitative estimate of drug-likeness (QED) is 0.810. The molecule has 8 heteroatoms. The molecule has 0 radical (unpaired) electrons. The van der Waals surface area contributed by atoms with Crippen molar-refractivity contribution in [1.29, 1.82) is 0 Å². The Kier molecular flexibility index (Phi) is 4.60. The Labute approximate surface area is 171 Å². The molecule has 0 unspecified atom stereocenters. The molecule has 0 bridgehead atoms. The zero-order valence-corrected chi connectivity index (χ0v) is 16.8. The Bertz CT molecular complexity index is 963. The van der Waals surface area contributed by atoms with Crippen molar-refractivity contribution in [2.45, 2.75) is 31.3 Å². The van der Waals surface area contributed by atoms with Gasteiger partial charge in [0.2, 0.25) is 12.7 Å². The Morgan fingerprint density at radius 3 is 2.86 bits per heavy atom. The summed E-state index contributed by atoms with van der Waals surface area (Å²) in [4.78, 5) is 23.5. The Morgan fingerprint density at radius 2 is 2.04 bits per heavy atom. The van der Waals surface area contributed by atoms with Gasteiger partial charge in [-0.1, -0.05) is 17.8 Å². The predicted octanol–water partition coefficient (Wildman–Crippen LogP) is 4.32. The maximum atomic E-state index is 12.5. The lowest BCUT2D eigenvalue weighted by atomic mass is 10.1. The lowest BCUT2D eigenvalue weighted by Crippen LogP contribution is -2.17. The molecule has 1 fully saturated rings. The van der Waals surface area contributed by atoms with Crippen LogP contribution in [0.1, 0.15) is 30.6 Å². The van der Waals surface area contributed by atoms with E-state index in [1.54, 1.807) is 23.5 Å². The van der Waals surface area contributed by atoms with Crippen LogP contribution in [0.3, 0.4) is 0 Å². The minimum atomic E-state index is -0.296. The number of carbonyl (C=O) groups is 1. The van der Waals surface area contributed by atoms with E-state index in [9.17, 15) is 4.79 Å². The van der Waals surface area contributed by atoms with Gasteiger partial charge in [0, 0.05) is 11.8 Å². The third-order valence-corrected chi connectivity index (χ3v) is 6.83. The molecule has 2 aliphatic heterocycles. The van der Waals surface area contributed by atoms with Gasteiger partial charge in [0.15, 0.2) is 17.2 Å². The second kappa shape index (κ2) is 7.25. The number of hydrogen-bond donors (Lipinski definition) is 1. The van der Waals surface area contributed by atoms with Crippen LogP contribution in [0.25, 0.3) is 0 Å². The van der Waals surface area contributed by atoms with Gasteiger partial charge in [0.05, 0.1) is 10.6 Å². The number of rotatable bonds is 4. The number of hydrogen-bond acceptors (Lipinski definition) is 7. The Morgan fingerprint density at radius 1 is 1.18 bits per heavy atom. The SMILES string of the molecule is O=C(CSC1=NC2(CCCC2)N=C1c1cccs1)Nc1ccc2c(c1)OCO2. The molecule has 2 aromatic rings. The van der Waals surface area contributed by atoms with Gasteiger partial charge in [-0.25, -0.2) is 4.99 Å². The van der Waals surface area contributed by atoms with E-state index in [4.69, 9.17) is 19.5 Å². The van der Waals surface area contributed by atoms with E-state index in [-0.39, 0.29) is 24.1 Å². The summed E-state index contributed by atoms with van der Waals surface area (Å²) in [5, 5.41) is 5.85. The Hall–Kier alpha value is -2.32. The summed E-state index contributed by atoms with van der Waals surface area (Å²) in [7, 11) is 0. The number of thioether (sulfide) groups is 1. The monoisotopic (exact) mass is 413 g/mol. The minimum Gasteiger partial charge on any atom is -0.454 e. The normalized spacial score (nSPS) is 19.0. The van der Waals surface area contributed by atoms with Crippen molar-refractivity contribution in [3.63, 3.8) is 0 Å². The minimum absolute atomic E-state index is 0.0792. The van der Waals surface area contributed by atoms with Gasteiger partial charge in [-0.05, 0) is 49.3 Å². The van der Waals surface area contributed by atoms with Gasteiger partial charge < -0.3 is 14.8 Å². The highest BCUT2D eigenvalue weighted by Crippen LogP contribution is 2.40. The molecule has 6 nitrogen and oxygen atoms in total. The average molecular weight is 414 g/mol. The first-order chi connectivity index (χ1) is 13.7. The van der Waals surface area contributed by atoms with E-state index in [1.165, 1.54) is 11.8 Å². The first-order valence-electron chi connectivity index (χ1n) is 9.27. The molecule has 1 aliphatic carbocycles. The number of carbonyl (C=O) groups excluding carboxylic acids is 1. The summed E-state index contributed by atoms with van der Waals surface area (Å²) in [5.41, 5.74) is 1.34. The van der Waals surface area contributed by atoms with Crippen molar-refractivity contribution in [2.24, 2.45) is 9.98 Å². The number of fused-ring (bicyclic) bond motifs is 1. The summed E-state index contributed by atoms with van der Waals surface area (Å²) in [6.45, 7) is 0.217. The van der Waals surface area contributed by atoms with Crippen LogP contribution in [-0.2, 0) is 4.79 Å². The van der Waals surface area contributed by atoms with Gasteiger partial charge in [-0.3, -0.25) is 9.79 Å². The fraction of sp³-hybridized carbons (Fsp3) is 0.350. The topological polar surface area (TPSA) is 72.3 Å². The molecule has 1 saturated carbocycles. The molecule has 1 aromatic heterocycles. The summed E-state index contributed by atoms with van der Waals surface area (Å²) in [6.07, 6.45) is 4.31. The van der Waals surface area contributed by atoms with Crippen LogP contribution in [0.15, 0.2) is 45.7 Å². The molecule has 5 rings (SSSR count). The lowest BCUT2D eigenvalue weighted by molar-refractivity contribution is -0.113. The van der Waals surface area contributed by atoms with Crippen molar-refractivity contribution in [1.82, 2.24) is 0 Å². The summed E-state index contributed by atoms with van der Waals surface area (Å²) < 4.78 is 10.7. The van der Waals surface area contributed by atoms with Crippen LogP contribution < -0.4 is 14.8 Å². The van der Waals surface area contributed by atoms with E-state index in [0.717, 1.165) is 41.3 Å². The number of ether oxygens (including phenoxy) is 2. The number of benzene rings is 1. The number of thiophene rings is 1. The number of aliphatic imine (C=N–C) groups is 2. The molecule has 3 aliphatic rings. The average Bonchev–Trinajstić information content (AvgIpc) is 3.48. The van der Waals surface area contributed by atoms with Gasteiger partial charge in [0.25, 0.3) is 0 Å². The Balaban J connectivity index is 1.27. The summed E-state index contributed by atoms with van der Waals surface area (Å²) >= 11 is 3.12. The largest absolute Gasteiger partial charge is 0.454 e.